The van der Waals surface area contributed by atoms with Crippen LogP contribution in [0.3, 0.4) is 0 Å². The number of carbonyl (C=O) groups is 1. The molecule has 1 fully saturated rings. The maximum atomic E-state index is 13.6. The number of para-hydroxylation sites is 2. The lowest BCUT2D eigenvalue weighted by Gasteiger charge is -2.15. The van der Waals surface area contributed by atoms with Crippen LogP contribution in [-0.4, -0.2) is 18.2 Å². The minimum absolute atomic E-state index is 0.135. The van der Waals surface area contributed by atoms with Gasteiger partial charge >= 0.3 is 0 Å². The minimum Gasteiger partial charge on any atom is -0.493 e. The number of benzene rings is 4. The Hall–Kier alpha value is -3.27. The summed E-state index contributed by atoms with van der Waals surface area (Å²) in [6.07, 6.45) is 1.86. The SMILES string of the molecule is COc1cc(/C=C2\SC(=Nc3ccccc3)N(c3ccccc3)C2=O)cc(I)c1OCc1ccccc1Cl. The zero-order chi connectivity index (χ0) is 26.5. The molecule has 1 aliphatic heterocycles. The normalized spacial score (nSPS) is 15.3. The summed E-state index contributed by atoms with van der Waals surface area (Å²) in [4.78, 5) is 20.6. The summed E-state index contributed by atoms with van der Waals surface area (Å²) >= 11 is 9.85. The summed E-state index contributed by atoms with van der Waals surface area (Å²) in [6.45, 7) is 0.312. The van der Waals surface area contributed by atoms with Gasteiger partial charge < -0.3 is 9.47 Å². The maximum absolute atomic E-state index is 13.6. The number of amides is 1. The molecule has 0 atom stereocenters. The molecule has 0 saturated carbocycles. The molecule has 38 heavy (non-hydrogen) atoms. The highest BCUT2D eigenvalue weighted by atomic mass is 127. The lowest BCUT2D eigenvalue weighted by molar-refractivity contribution is -0.113. The standard InChI is InChI=1S/C30H22ClIN2O3S/c1-36-26-17-20(16-25(32)28(26)37-19-21-10-8-9-15-24(21)31)18-27-29(35)34(23-13-6-3-7-14-23)30(38-27)33-22-11-4-2-5-12-22/h2-18H,19H2,1H3/b27-18-,33-30?. The minimum atomic E-state index is -0.135. The Kier molecular flexibility index (Phi) is 8.36. The Labute approximate surface area is 244 Å². The number of hydrogen-bond acceptors (Lipinski definition) is 5. The van der Waals surface area contributed by atoms with Gasteiger partial charge in [-0.15, -0.1) is 0 Å². The largest absolute Gasteiger partial charge is 0.493 e. The first-order valence-electron chi connectivity index (χ1n) is 11.7. The lowest BCUT2D eigenvalue weighted by Crippen LogP contribution is -2.28. The molecule has 0 spiro atoms. The van der Waals surface area contributed by atoms with Crippen molar-refractivity contribution in [3.8, 4) is 11.5 Å². The third kappa shape index (κ3) is 5.90. The fourth-order valence-electron chi connectivity index (χ4n) is 3.85. The van der Waals surface area contributed by atoms with E-state index in [0.29, 0.717) is 33.2 Å². The number of ether oxygens (including phenoxy) is 2. The monoisotopic (exact) mass is 652 g/mol. The van der Waals surface area contributed by atoms with E-state index in [-0.39, 0.29) is 5.91 Å². The molecular weight excluding hydrogens is 631 g/mol. The van der Waals surface area contributed by atoms with Gasteiger partial charge in [0.15, 0.2) is 16.7 Å². The summed E-state index contributed by atoms with van der Waals surface area (Å²) in [7, 11) is 1.60. The number of nitrogens with zero attached hydrogens (tertiary/aromatic N) is 2. The average Bonchev–Trinajstić information content (AvgIpc) is 3.23. The second kappa shape index (κ2) is 12.1. The van der Waals surface area contributed by atoms with Crippen molar-refractivity contribution in [3.63, 3.8) is 0 Å². The summed E-state index contributed by atoms with van der Waals surface area (Å²) in [5.74, 6) is 1.06. The van der Waals surface area contributed by atoms with Crippen molar-refractivity contribution in [2.75, 3.05) is 12.0 Å². The summed E-state index contributed by atoms with van der Waals surface area (Å²) < 4.78 is 12.6. The third-order valence-corrected chi connectivity index (χ3v) is 7.82. The van der Waals surface area contributed by atoms with Crippen molar-refractivity contribution in [2.24, 2.45) is 4.99 Å². The molecule has 0 N–H and O–H groups in total. The number of rotatable bonds is 7. The van der Waals surface area contributed by atoms with E-state index < -0.39 is 0 Å². The van der Waals surface area contributed by atoms with Crippen molar-refractivity contribution in [1.29, 1.82) is 0 Å². The van der Waals surface area contributed by atoms with E-state index in [1.807, 2.05) is 103 Å². The molecule has 5 rings (SSSR count). The van der Waals surface area contributed by atoms with Crippen LogP contribution in [0.15, 0.2) is 107 Å². The van der Waals surface area contributed by atoms with Crippen LogP contribution in [0.5, 0.6) is 11.5 Å². The van der Waals surface area contributed by atoms with Gasteiger partial charge in [-0.1, -0.05) is 66.2 Å². The van der Waals surface area contributed by atoms with E-state index in [1.165, 1.54) is 11.8 Å². The number of aliphatic imine (C=N–C) groups is 1. The van der Waals surface area contributed by atoms with Crippen molar-refractivity contribution in [2.45, 2.75) is 6.61 Å². The van der Waals surface area contributed by atoms with E-state index in [1.54, 1.807) is 12.0 Å². The molecule has 5 nitrogen and oxygen atoms in total. The van der Waals surface area contributed by atoms with Gasteiger partial charge in [0.2, 0.25) is 0 Å². The first-order chi connectivity index (χ1) is 18.5. The molecule has 190 valence electrons. The molecule has 4 aromatic rings. The van der Waals surface area contributed by atoms with E-state index in [9.17, 15) is 4.79 Å². The van der Waals surface area contributed by atoms with Gasteiger partial charge in [0.25, 0.3) is 5.91 Å². The predicted molar refractivity (Wildman–Crippen MR) is 165 cm³/mol. The first kappa shape index (κ1) is 26.3. The predicted octanol–water partition coefficient (Wildman–Crippen LogP) is 8.34. The Bertz CT molecular complexity index is 1530. The van der Waals surface area contributed by atoms with Gasteiger partial charge in [-0.25, -0.2) is 4.99 Å². The van der Waals surface area contributed by atoms with Crippen LogP contribution in [-0.2, 0) is 11.4 Å². The highest BCUT2D eigenvalue weighted by Gasteiger charge is 2.34. The smallest absolute Gasteiger partial charge is 0.271 e. The zero-order valence-corrected chi connectivity index (χ0v) is 24.0. The van der Waals surface area contributed by atoms with Crippen molar-refractivity contribution < 1.29 is 14.3 Å². The molecule has 4 aromatic carbocycles. The fraction of sp³-hybridized carbons (Fsp3) is 0.0667. The number of amidine groups is 1. The number of anilines is 1. The van der Waals surface area contributed by atoms with Crippen LogP contribution in [0.25, 0.3) is 6.08 Å². The number of halogens is 2. The molecule has 0 unspecified atom stereocenters. The second-order valence-electron chi connectivity index (χ2n) is 8.23. The van der Waals surface area contributed by atoms with Crippen LogP contribution in [0.1, 0.15) is 11.1 Å². The molecule has 0 radical (unpaired) electrons. The van der Waals surface area contributed by atoms with Gasteiger partial charge in [-0.2, -0.15) is 0 Å². The molecule has 1 saturated heterocycles. The van der Waals surface area contributed by atoms with Gasteiger partial charge in [-0.3, -0.25) is 9.69 Å². The maximum Gasteiger partial charge on any atom is 0.271 e. The fourth-order valence-corrected chi connectivity index (χ4v) is 5.82. The lowest BCUT2D eigenvalue weighted by atomic mass is 10.1. The number of thioether (sulfide) groups is 1. The number of methoxy groups -OCH3 is 1. The van der Waals surface area contributed by atoms with Crippen LogP contribution in [0.2, 0.25) is 5.02 Å². The van der Waals surface area contributed by atoms with Gasteiger partial charge in [0.1, 0.15) is 6.61 Å². The first-order valence-corrected chi connectivity index (χ1v) is 14.0. The van der Waals surface area contributed by atoms with Crippen molar-refractivity contribution >= 4 is 74.5 Å². The highest BCUT2D eigenvalue weighted by molar-refractivity contribution is 14.1. The quantitative estimate of drug-likeness (QED) is 0.149. The van der Waals surface area contributed by atoms with Crippen LogP contribution >= 0.6 is 46.0 Å². The van der Waals surface area contributed by atoms with Gasteiger partial charge in [0, 0.05) is 10.6 Å². The van der Waals surface area contributed by atoms with E-state index in [4.69, 9.17) is 26.1 Å². The van der Waals surface area contributed by atoms with Gasteiger partial charge in [-0.05, 0) is 88.5 Å². The van der Waals surface area contributed by atoms with Crippen molar-refractivity contribution in [3.05, 3.63) is 122 Å². The Morgan fingerprint density at radius 1 is 0.974 bits per heavy atom. The molecule has 1 heterocycles. The van der Waals surface area contributed by atoms with Gasteiger partial charge in [0.05, 0.1) is 27.0 Å². The molecule has 1 amide bonds. The summed E-state index contributed by atoms with van der Waals surface area (Å²) in [5, 5.41) is 1.25. The number of carbonyl (C=O) groups excluding carboxylic acids is 1. The highest BCUT2D eigenvalue weighted by Crippen LogP contribution is 2.40. The topological polar surface area (TPSA) is 51.1 Å². The van der Waals surface area contributed by atoms with Crippen molar-refractivity contribution in [1.82, 2.24) is 0 Å². The molecule has 8 heteroatoms. The Morgan fingerprint density at radius 2 is 1.66 bits per heavy atom. The molecule has 1 aliphatic rings. The van der Waals surface area contributed by atoms with Crippen LogP contribution in [0, 0.1) is 3.57 Å². The third-order valence-electron chi connectivity index (χ3n) is 5.68. The second-order valence-corrected chi connectivity index (χ2v) is 10.8. The number of hydrogen-bond donors (Lipinski definition) is 0. The van der Waals surface area contributed by atoms with Crippen LogP contribution < -0.4 is 14.4 Å². The van der Waals surface area contributed by atoms with E-state index >= 15 is 0 Å². The summed E-state index contributed by atoms with van der Waals surface area (Å²) in [5.41, 5.74) is 3.25. The van der Waals surface area contributed by atoms with E-state index in [0.717, 1.165) is 26.1 Å². The molecule has 0 aromatic heterocycles. The summed E-state index contributed by atoms with van der Waals surface area (Å²) in [6, 6.07) is 30.6. The average molecular weight is 653 g/mol. The zero-order valence-electron chi connectivity index (χ0n) is 20.3. The molecular formula is C30H22ClIN2O3S. The molecule has 0 bridgehead atoms. The Balaban J connectivity index is 1.47. The molecule has 0 aliphatic carbocycles. The Morgan fingerprint density at radius 3 is 2.37 bits per heavy atom. The van der Waals surface area contributed by atoms with E-state index in [2.05, 4.69) is 22.6 Å². The van der Waals surface area contributed by atoms with Crippen LogP contribution in [0.4, 0.5) is 11.4 Å².